The van der Waals surface area contributed by atoms with Gasteiger partial charge in [-0.3, -0.25) is 4.79 Å². The van der Waals surface area contributed by atoms with E-state index in [0.717, 1.165) is 22.5 Å². The average molecular weight is 305 g/mol. The fraction of sp³-hybridized carbons (Fsp3) is 0.250. The molecular weight excluding hydrogens is 286 g/mol. The van der Waals surface area contributed by atoms with E-state index in [1.807, 2.05) is 23.7 Å². The third kappa shape index (κ3) is 2.00. The molecule has 0 saturated carbocycles. The highest BCUT2D eigenvalue weighted by Crippen LogP contribution is 2.41. The Morgan fingerprint density at radius 3 is 2.48 bits per heavy atom. The van der Waals surface area contributed by atoms with Gasteiger partial charge in [-0.1, -0.05) is 25.1 Å². The second-order valence-electron chi connectivity index (χ2n) is 6.31. The van der Waals surface area contributed by atoms with Crippen molar-refractivity contribution in [2.75, 3.05) is 7.11 Å². The molecule has 3 nitrogen and oxygen atoms in total. The molecule has 1 aliphatic carbocycles. The number of methoxy groups -OCH3 is 1. The summed E-state index contributed by atoms with van der Waals surface area (Å²) in [4.78, 5) is 12.3. The molecule has 1 unspecified atom stereocenters. The number of benzene rings is 2. The van der Waals surface area contributed by atoms with Gasteiger partial charge >= 0.3 is 0 Å². The number of carbonyl (C=O) groups excluding carboxylic acids is 1. The van der Waals surface area contributed by atoms with E-state index in [2.05, 4.69) is 37.3 Å². The summed E-state index contributed by atoms with van der Waals surface area (Å²) in [5.41, 5.74) is 5.55. The van der Waals surface area contributed by atoms with Crippen molar-refractivity contribution in [2.45, 2.75) is 19.3 Å². The molecule has 0 saturated heterocycles. The van der Waals surface area contributed by atoms with Crippen LogP contribution in [0.2, 0.25) is 0 Å². The van der Waals surface area contributed by atoms with Gasteiger partial charge in [-0.25, -0.2) is 0 Å². The summed E-state index contributed by atoms with van der Waals surface area (Å²) in [6.45, 7) is 2.14. The SMILES string of the molecule is COc1ccc(-c2ccc3c(c2)c2c(n3C)C(=O)CC2C)cc1. The fourth-order valence-electron chi connectivity index (χ4n) is 3.75. The van der Waals surface area contributed by atoms with E-state index in [1.54, 1.807) is 7.11 Å². The zero-order chi connectivity index (χ0) is 16.1. The Balaban J connectivity index is 1.91. The van der Waals surface area contributed by atoms with Crippen molar-refractivity contribution in [3.8, 4) is 16.9 Å². The second-order valence-corrected chi connectivity index (χ2v) is 6.31. The van der Waals surface area contributed by atoms with Gasteiger partial charge < -0.3 is 9.30 Å². The highest BCUT2D eigenvalue weighted by molar-refractivity contribution is 6.07. The van der Waals surface area contributed by atoms with E-state index in [9.17, 15) is 4.79 Å². The summed E-state index contributed by atoms with van der Waals surface area (Å²) in [6.07, 6.45) is 0.626. The molecule has 0 fully saturated rings. The van der Waals surface area contributed by atoms with Gasteiger partial charge in [0, 0.05) is 24.4 Å². The smallest absolute Gasteiger partial charge is 0.180 e. The van der Waals surface area contributed by atoms with Gasteiger partial charge in [0.25, 0.3) is 0 Å². The Kier molecular flexibility index (Phi) is 3.05. The highest BCUT2D eigenvalue weighted by atomic mass is 16.5. The molecule has 1 aromatic heterocycles. The highest BCUT2D eigenvalue weighted by Gasteiger charge is 2.32. The van der Waals surface area contributed by atoms with E-state index in [-0.39, 0.29) is 5.78 Å². The molecule has 0 aliphatic heterocycles. The number of Topliss-reactive ketones (excluding diaryl/α,β-unsaturated/α-hetero) is 1. The van der Waals surface area contributed by atoms with Gasteiger partial charge in [-0.15, -0.1) is 0 Å². The van der Waals surface area contributed by atoms with Crippen LogP contribution in [-0.2, 0) is 7.05 Å². The molecule has 1 atom stereocenters. The van der Waals surface area contributed by atoms with Crippen molar-refractivity contribution < 1.29 is 9.53 Å². The molecular formula is C20H19NO2. The fourth-order valence-corrected chi connectivity index (χ4v) is 3.75. The van der Waals surface area contributed by atoms with Crippen molar-refractivity contribution in [1.29, 1.82) is 0 Å². The lowest BCUT2D eigenvalue weighted by atomic mass is 9.98. The van der Waals surface area contributed by atoms with E-state index >= 15 is 0 Å². The first kappa shape index (κ1) is 14.1. The summed E-state index contributed by atoms with van der Waals surface area (Å²) < 4.78 is 7.27. The minimum absolute atomic E-state index is 0.261. The molecule has 2 aromatic carbocycles. The van der Waals surface area contributed by atoms with Crippen molar-refractivity contribution >= 4 is 16.7 Å². The number of nitrogens with zero attached hydrogens (tertiary/aromatic N) is 1. The maximum atomic E-state index is 12.3. The number of carbonyl (C=O) groups is 1. The predicted molar refractivity (Wildman–Crippen MR) is 92.3 cm³/mol. The van der Waals surface area contributed by atoms with Gasteiger partial charge in [-0.2, -0.15) is 0 Å². The van der Waals surface area contributed by atoms with Gasteiger partial charge in [-0.05, 0) is 46.9 Å². The van der Waals surface area contributed by atoms with Gasteiger partial charge in [0.05, 0.1) is 12.8 Å². The standard InChI is InChI=1S/C20H19NO2/c1-12-10-18(22)20-19(12)16-11-14(6-9-17(16)21(20)2)13-4-7-15(23-3)8-5-13/h4-9,11-12H,10H2,1-3H3. The minimum atomic E-state index is 0.261. The van der Waals surface area contributed by atoms with Crippen LogP contribution in [0.15, 0.2) is 42.5 Å². The molecule has 1 aliphatic rings. The Morgan fingerprint density at radius 2 is 1.78 bits per heavy atom. The average Bonchev–Trinajstić information content (AvgIpc) is 3.03. The zero-order valence-electron chi connectivity index (χ0n) is 13.6. The van der Waals surface area contributed by atoms with Crippen molar-refractivity contribution in [1.82, 2.24) is 4.57 Å². The quantitative estimate of drug-likeness (QED) is 0.696. The third-order valence-electron chi connectivity index (χ3n) is 4.91. The molecule has 0 N–H and O–H groups in total. The Morgan fingerprint density at radius 1 is 1.09 bits per heavy atom. The summed E-state index contributed by atoms with van der Waals surface area (Å²) >= 11 is 0. The van der Waals surface area contributed by atoms with Crippen LogP contribution in [0, 0.1) is 0 Å². The molecule has 0 radical (unpaired) electrons. The maximum absolute atomic E-state index is 12.3. The van der Waals surface area contributed by atoms with Crippen LogP contribution in [0.5, 0.6) is 5.75 Å². The molecule has 0 bridgehead atoms. The van der Waals surface area contributed by atoms with Crippen molar-refractivity contribution in [2.24, 2.45) is 7.05 Å². The molecule has 1 heterocycles. The number of aryl methyl sites for hydroxylation is 1. The minimum Gasteiger partial charge on any atom is -0.497 e. The van der Waals surface area contributed by atoms with Crippen LogP contribution in [0.1, 0.15) is 35.3 Å². The number of hydrogen-bond acceptors (Lipinski definition) is 2. The van der Waals surface area contributed by atoms with Crippen LogP contribution < -0.4 is 4.74 Å². The predicted octanol–water partition coefficient (Wildman–Crippen LogP) is 4.54. The summed E-state index contributed by atoms with van der Waals surface area (Å²) in [5.74, 6) is 1.42. The van der Waals surface area contributed by atoms with Crippen LogP contribution in [0.25, 0.3) is 22.0 Å². The monoisotopic (exact) mass is 305 g/mol. The van der Waals surface area contributed by atoms with E-state index < -0.39 is 0 Å². The van der Waals surface area contributed by atoms with E-state index in [0.29, 0.717) is 12.3 Å². The van der Waals surface area contributed by atoms with Gasteiger partial charge in [0.15, 0.2) is 5.78 Å². The van der Waals surface area contributed by atoms with E-state index in [4.69, 9.17) is 4.74 Å². The molecule has 3 heteroatoms. The van der Waals surface area contributed by atoms with Crippen LogP contribution >= 0.6 is 0 Å². The van der Waals surface area contributed by atoms with Gasteiger partial charge in [0.2, 0.25) is 0 Å². The lowest BCUT2D eigenvalue weighted by molar-refractivity contribution is 0.0983. The van der Waals surface area contributed by atoms with Crippen LogP contribution in [0.4, 0.5) is 0 Å². The summed E-state index contributed by atoms with van der Waals surface area (Å²) in [6, 6.07) is 14.5. The summed E-state index contributed by atoms with van der Waals surface area (Å²) in [5, 5.41) is 1.20. The molecule has 4 rings (SSSR count). The molecule has 3 aromatic rings. The largest absolute Gasteiger partial charge is 0.497 e. The normalized spacial score (nSPS) is 16.8. The first-order valence-electron chi connectivity index (χ1n) is 7.90. The molecule has 0 amide bonds. The van der Waals surface area contributed by atoms with Crippen molar-refractivity contribution in [3.05, 3.63) is 53.7 Å². The lowest BCUT2D eigenvalue weighted by Crippen LogP contribution is -2.01. The molecule has 0 spiro atoms. The van der Waals surface area contributed by atoms with Crippen LogP contribution in [0.3, 0.4) is 0 Å². The first-order valence-corrected chi connectivity index (χ1v) is 7.90. The van der Waals surface area contributed by atoms with Gasteiger partial charge in [0.1, 0.15) is 5.75 Å². The lowest BCUT2D eigenvalue weighted by Gasteiger charge is -2.07. The van der Waals surface area contributed by atoms with Crippen LogP contribution in [-0.4, -0.2) is 17.5 Å². The third-order valence-corrected chi connectivity index (χ3v) is 4.91. The topological polar surface area (TPSA) is 31.2 Å². The maximum Gasteiger partial charge on any atom is 0.180 e. The number of aromatic nitrogens is 1. The Hall–Kier alpha value is -2.55. The second kappa shape index (κ2) is 4.98. The number of ketones is 1. The summed E-state index contributed by atoms with van der Waals surface area (Å²) in [7, 11) is 3.66. The number of ether oxygens (including phenoxy) is 1. The number of fused-ring (bicyclic) bond motifs is 3. The van der Waals surface area contributed by atoms with E-state index in [1.165, 1.54) is 16.5 Å². The zero-order valence-corrected chi connectivity index (χ0v) is 13.6. The molecule has 23 heavy (non-hydrogen) atoms. The number of hydrogen-bond donors (Lipinski definition) is 0. The van der Waals surface area contributed by atoms with Crippen molar-refractivity contribution in [3.63, 3.8) is 0 Å². The Bertz CT molecular complexity index is 919. The number of rotatable bonds is 2. The molecule has 116 valence electrons. The Labute approximate surface area is 135 Å². The first-order chi connectivity index (χ1) is 11.1.